The zero-order chi connectivity index (χ0) is 11.3. The van der Waals surface area contributed by atoms with Crippen molar-refractivity contribution >= 4 is 0 Å². The van der Waals surface area contributed by atoms with E-state index in [-0.39, 0.29) is 0 Å². The number of nitrogens with zero attached hydrogens (tertiary/aromatic N) is 3. The van der Waals surface area contributed by atoms with Crippen LogP contribution in [-0.2, 0) is 0 Å². The molecule has 1 aliphatic rings. The predicted octanol–water partition coefficient (Wildman–Crippen LogP) is 1.70. The van der Waals surface area contributed by atoms with Crippen LogP contribution in [0.3, 0.4) is 0 Å². The third-order valence-electron chi connectivity index (χ3n) is 3.45. The molecule has 3 nitrogen and oxygen atoms in total. The summed E-state index contributed by atoms with van der Waals surface area (Å²) in [5, 5.41) is 8.45. The summed E-state index contributed by atoms with van der Waals surface area (Å²) >= 11 is 0. The normalized spacial score (nSPS) is 28.9. The highest BCUT2D eigenvalue weighted by Crippen LogP contribution is 2.13. The maximum absolute atomic E-state index is 8.45. The molecule has 0 bridgehead atoms. The van der Waals surface area contributed by atoms with E-state index in [1.165, 1.54) is 13.1 Å². The van der Waals surface area contributed by atoms with Crippen LogP contribution < -0.4 is 0 Å². The molecule has 2 unspecified atom stereocenters. The lowest BCUT2D eigenvalue weighted by Gasteiger charge is -2.42. The first-order chi connectivity index (χ1) is 7.15. The molecule has 0 N–H and O–H groups in total. The van der Waals surface area contributed by atoms with Gasteiger partial charge in [0.15, 0.2) is 0 Å². The molecule has 0 aromatic carbocycles. The lowest BCUT2D eigenvalue weighted by atomic mass is 10.1. The fourth-order valence-electron chi connectivity index (χ4n) is 2.24. The molecule has 1 heterocycles. The van der Waals surface area contributed by atoms with E-state index in [4.69, 9.17) is 5.26 Å². The van der Waals surface area contributed by atoms with Gasteiger partial charge in [-0.3, -0.25) is 4.90 Å². The second kappa shape index (κ2) is 6.09. The number of hydrogen-bond donors (Lipinski definition) is 0. The molecule has 2 atom stereocenters. The van der Waals surface area contributed by atoms with Crippen molar-refractivity contribution in [1.82, 2.24) is 9.80 Å². The Kier molecular flexibility index (Phi) is 5.07. The van der Waals surface area contributed by atoms with Crippen LogP contribution in [0.4, 0.5) is 0 Å². The lowest BCUT2D eigenvalue weighted by Crippen LogP contribution is -2.54. The van der Waals surface area contributed by atoms with Crippen LogP contribution in [0.2, 0.25) is 0 Å². The maximum Gasteiger partial charge on any atom is 0.0621 e. The average Bonchev–Trinajstić information content (AvgIpc) is 2.21. The lowest BCUT2D eigenvalue weighted by molar-refractivity contribution is 0.0592. The van der Waals surface area contributed by atoms with Crippen molar-refractivity contribution in [1.29, 1.82) is 5.26 Å². The van der Waals surface area contributed by atoms with Gasteiger partial charge in [0.25, 0.3) is 0 Å². The highest BCUT2D eigenvalue weighted by molar-refractivity contribution is 4.82. The van der Waals surface area contributed by atoms with Crippen molar-refractivity contribution in [2.45, 2.75) is 45.2 Å². The van der Waals surface area contributed by atoms with Crippen LogP contribution in [0.25, 0.3) is 0 Å². The summed E-state index contributed by atoms with van der Waals surface area (Å²) in [6.45, 7) is 8.08. The molecule has 1 aliphatic heterocycles. The van der Waals surface area contributed by atoms with Gasteiger partial charge in [-0.15, -0.1) is 0 Å². The van der Waals surface area contributed by atoms with E-state index in [9.17, 15) is 0 Å². The topological polar surface area (TPSA) is 30.3 Å². The molecule has 15 heavy (non-hydrogen) atoms. The van der Waals surface area contributed by atoms with Gasteiger partial charge in [0.05, 0.1) is 6.07 Å². The Hall–Kier alpha value is -0.590. The number of piperazine rings is 1. The van der Waals surface area contributed by atoms with Crippen LogP contribution in [0.1, 0.15) is 33.1 Å². The largest absolute Gasteiger partial charge is 0.300 e. The molecule has 0 aliphatic carbocycles. The minimum atomic E-state index is 0.657. The molecule has 0 saturated carbocycles. The van der Waals surface area contributed by atoms with Crippen LogP contribution in [0.15, 0.2) is 0 Å². The van der Waals surface area contributed by atoms with E-state index in [2.05, 4.69) is 36.8 Å². The molecule has 0 amide bonds. The fourth-order valence-corrected chi connectivity index (χ4v) is 2.24. The number of hydrogen-bond acceptors (Lipinski definition) is 3. The molecule has 0 aromatic heterocycles. The molecule has 86 valence electrons. The quantitative estimate of drug-likeness (QED) is 0.660. The van der Waals surface area contributed by atoms with Gasteiger partial charge in [0.2, 0.25) is 0 Å². The SMILES string of the molecule is CC1CN(CCCCC#N)CC(C)N1C. The standard InChI is InChI=1S/C12H23N3/c1-11-9-15(8-6-4-5-7-13)10-12(2)14(11)3/h11-12H,4-6,8-10H2,1-3H3. The van der Waals surface area contributed by atoms with Crippen LogP contribution in [0.5, 0.6) is 0 Å². The molecule has 0 radical (unpaired) electrons. The van der Waals surface area contributed by atoms with Gasteiger partial charge in [-0.05, 0) is 40.3 Å². The molecule has 0 aromatic rings. The Bertz CT molecular complexity index is 209. The van der Waals surface area contributed by atoms with Gasteiger partial charge < -0.3 is 4.90 Å². The zero-order valence-corrected chi connectivity index (χ0v) is 10.2. The first kappa shape index (κ1) is 12.5. The minimum absolute atomic E-state index is 0.657. The first-order valence-electron chi connectivity index (χ1n) is 5.96. The third-order valence-corrected chi connectivity index (χ3v) is 3.45. The third kappa shape index (κ3) is 3.81. The van der Waals surface area contributed by atoms with Gasteiger partial charge >= 0.3 is 0 Å². The highest BCUT2D eigenvalue weighted by atomic mass is 15.3. The summed E-state index contributed by atoms with van der Waals surface area (Å²) in [4.78, 5) is 4.98. The molecule has 1 saturated heterocycles. The van der Waals surface area contributed by atoms with Crippen LogP contribution in [0, 0.1) is 11.3 Å². The molecule has 3 heteroatoms. The van der Waals surface area contributed by atoms with Gasteiger partial charge in [-0.2, -0.15) is 5.26 Å². The van der Waals surface area contributed by atoms with Gasteiger partial charge in [0, 0.05) is 31.6 Å². The summed E-state index contributed by atoms with van der Waals surface area (Å²) in [7, 11) is 2.21. The van der Waals surface area contributed by atoms with Crippen molar-refractivity contribution in [3.63, 3.8) is 0 Å². The smallest absolute Gasteiger partial charge is 0.0621 e. The summed E-state index contributed by atoms with van der Waals surface area (Å²) in [6.07, 6.45) is 2.92. The second-order valence-electron chi connectivity index (χ2n) is 4.74. The molecular formula is C12H23N3. The minimum Gasteiger partial charge on any atom is -0.300 e. The number of unbranched alkanes of at least 4 members (excludes halogenated alkanes) is 2. The Morgan fingerprint density at radius 3 is 2.33 bits per heavy atom. The summed E-state index contributed by atoms with van der Waals surface area (Å²) in [5.74, 6) is 0. The van der Waals surface area contributed by atoms with Crippen LogP contribution in [-0.4, -0.2) is 48.6 Å². The fraction of sp³-hybridized carbons (Fsp3) is 0.917. The van der Waals surface area contributed by atoms with E-state index >= 15 is 0 Å². The Labute approximate surface area is 93.7 Å². The first-order valence-corrected chi connectivity index (χ1v) is 5.96. The number of nitriles is 1. The van der Waals surface area contributed by atoms with E-state index in [0.717, 1.165) is 19.4 Å². The van der Waals surface area contributed by atoms with E-state index in [0.29, 0.717) is 18.5 Å². The monoisotopic (exact) mass is 209 g/mol. The van der Waals surface area contributed by atoms with Gasteiger partial charge in [-0.1, -0.05) is 0 Å². The van der Waals surface area contributed by atoms with Crippen molar-refractivity contribution < 1.29 is 0 Å². The Balaban J connectivity index is 2.23. The Morgan fingerprint density at radius 1 is 1.20 bits per heavy atom. The van der Waals surface area contributed by atoms with Crippen molar-refractivity contribution in [3.05, 3.63) is 0 Å². The summed E-state index contributed by atoms with van der Waals surface area (Å²) in [6, 6.07) is 3.52. The van der Waals surface area contributed by atoms with E-state index in [1.807, 2.05) is 0 Å². The predicted molar refractivity (Wildman–Crippen MR) is 62.6 cm³/mol. The summed E-state index contributed by atoms with van der Waals surface area (Å²) < 4.78 is 0. The molecule has 1 fully saturated rings. The molecule has 0 spiro atoms. The zero-order valence-electron chi connectivity index (χ0n) is 10.2. The second-order valence-corrected chi connectivity index (χ2v) is 4.74. The number of rotatable bonds is 4. The molecule has 1 rings (SSSR count). The van der Waals surface area contributed by atoms with Crippen LogP contribution >= 0.6 is 0 Å². The Morgan fingerprint density at radius 2 is 1.80 bits per heavy atom. The van der Waals surface area contributed by atoms with E-state index in [1.54, 1.807) is 0 Å². The van der Waals surface area contributed by atoms with Crippen molar-refractivity contribution in [2.75, 3.05) is 26.7 Å². The van der Waals surface area contributed by atoms with Gasteiger partial charge in [-0.25, -0.2) is 0 Å². The highest BCUT2D eigenvalue weighted by Gasteiger charge is 2.25. The van der Waals surface area contributed by atoms with Crippen molar-refractivity contribution in [2.24, 2.45) is 0 Å². The molecular weight excluding hydrogens is 186 g/mol. The van der Waals surface area contributed by atoms with Crippen molar-refractivity contribution in [3.8, 4) is 6.07 Å². The maximum atomic E-state index is 8.45. The average molecular weight is 209 g/mol. The number of likely N-dealkylation sites (N-methyl/N-ethyl adjacent to an activating group) is 1. The van der Waals surface area contributed by atoms with Gasteiger partial charge in [0.1, 0.15) is 0 Å². The summed E-state index contributed by atoms with van der Waals surface area (Å²) in [5.41, 5.74) is 0. The van der Waals surface area contributed by atoms with E-state index < -0.39 is 0 Å².